The molecular weight excluding hydrogens is 268 g/mol. The van der Waals surface area contributed by atoms with E-state index in [1.54, 1.807) is 6.92 Å². The zero-order chi connectivity index (χ0) is 14.3. The van der Waals surface area contributed by atoms with Crippen LogP contribution in [0, 0.1) is 0 Å². The number of rotatable bonds is 3. The van der Waals surface area contributed by atoms with Crippen LogP contribution in [0.5, 0.6) is 0 Å². The summed E-state index contributed by atoms with van der Waals surface area (Å²) < 4.78 is 23.0. The van der Waals surface area contributed by atoms with Crippen LogP contribution >= 0.6 is 0 Å². The minimum absolute atomic E-state index is 0.0396. The molecule has 1 saturated heterocycles. The van der Waals surface area contributed by atoms with Gasteiger partial charge in [0.1, 0.15) is 5.82 Å². The number of nitrogens with two attached hydrogens (primary N) is 2. The van der Waals surface area contributed by atoms with Crippen LogP contribution in [0.2, 0.25) is 0 Å². The summed E-state index contributed by atoms with van der Waals surface area (Å²) in [7, 11) is -3.02. The normalized spacial score (nSPS) is 25.1. The first kappa shape index (κ1) is 13.6. The molecule has 1 amide bonds. The van der Waals surface area contributed by atoms with Crippen LogP contribution in [0.3, 0.4) is 0 Å². The van der Waals surface area contributed by atoms with Gasteiger partial charge in [-0.05, 0) is 19.4 Å². The highest BCUT2D eigenvalue weighted by molar-refractivity contribution is 7.91. The molecule has 2 heterocycles. The highest BCUT2D eigenvalue weighted by Crippen LogP contribution is 2.27. The summed E-state index contributed by atoms with van der Waals surface area (Å²) in [5.41, 5.74) is 10.6. The van der Waals surface area contributed by atoms with Crippen molar-refractivity contribution >= 4 is 27.2 Å². The molecule has 0 bridgehead atoms. The van der Waals surface area contributed by atoms with Gasteiger partial charge in [0, 0.05) is 0 Å². The van der Waals surface area contributed by atoms with Gasteiger partial charge < -0.3 is 16.8 Å². The second kappa shape index (κ2) is 4.37. The highest BCUT2D eigenvalue weighted by atomic mass is 32.2. The minimum Gasteiger partial charge on any atom is -0.397 e. The Morgan fingerprint density at radius 2 is 2.21 bits per heavy atom. The van der Waals surface area contributed by atoms with Gasteiger partial charge >= 0.3 is 0 Å². The van der Waals surface area contributed by atoms with Crippen LogP contribution < -0.4 is 16.8 Å². The summed E-state index contributed by atoms with van der Waals surface area (Å²) in [6.45, 7) is 1.81. The quantitative estimate of drug-likeness (QED) is 0.702. The third-order valence-electron chi connectivity index (χ3n) is 3.13. The maximum Gasteiger partial charge on any atom is 0.250 e. The van der Waals surface area contributed by atoms with Crippen molar-refractivity contribution in [2.75, 3.05) is 22.6 Å². The molecule has 8 heteroatoms. The average Bonchev–Trinajstić information content (AvgIpc) is 2.55. The number of nitrogens with one attached hydrogen (secondary N) is 1. The number of sulfone groups is 1. The van der Waals surface area contributed by atoms with Gasteiger partial charge in [0.25, 0.3) is 5.91 Å². The van der Waals surface area contributed by atoms with E-state index < -0.39 is 21.3 Å². The summed E-state index contributed by atoms with van der Waals surface area (Å²) in [6, 6.07) is 1.44. The second-order valence-electron chi connectivity index (χ2n) is 5.05. The molecule has 0 aliphatic carbocycles. The number of aromatic nitrogens is 1. The van der Waals surface area contributed by atoms with E-state index in [0.29, 0.717) is 12.2 Å². The number of hydrogen-bond donors (Lipinski definition) is 3. The monoisotopic (exact) mass is 284 g/mol. The van der Waals surface area contributed by atoms with Crippen LogP contribution in [0.15, 0.2) is 12.3 Å². The summed E-state index contributed by atoms with van der Waals surface area (Å²) in [4.78, 5) is 15.2. The van der Waals surface area contributed by atoms with Gasteiger partial charge in [0.2, 0.25) is 0 Å². The Hall–Kier alpha value is -1.83. The topological polar surface area (TPSA) is 128 Å². The number of carbonyl (C=O) groups is 1. The summed E-state index contributed by atoms with van der Waals surface area (Å²) in [5.74, 6) is -0.0682. The van der Waals surface area contributed by atoms with Crippen molar-refractivity contribution in [2.45, 2.75) is 18.9 Å². The van der Waals surface area contributed by atoms with Crippen LogP contribution in [0.1, 0.15) is 23.7 Å². The highest BCUT2D eigenvalue weighted by Gasteiger charge is 2.38. The molecule has 1 aromatic rings. The number of hydrogen-bond acceptors (Lipinski definition) is 6. The standard InChI is InChI=1S/C11H16N4O3S/c1-11(2-3-19(17,18)6-11)15-9-4-7(10(13)16)8(12)5-14-9/h4-5H,2-3,6,12H2,1H3,(H2,13,16)(H,14,15). The van der Waals surface area contributed by atoms with E-state index in [0.717, 1.165) is 0 Å². The van der Waals surface area contributed by atoms with E-state index in [2.05, 4.69) is 10.3 Å². The first-order valence-corrected chi connectivity index (χ1v) is 7.57. The van der Waals surface area contributed by atoms with Crippen LogP contribution in [-0.4, -0.2) is 36.4 Å². The van der Waals surface area contributed by atoms with Crippen molar-refractivity contribution in [1.29, 1.82) is 0 Å². The van der Waals surface area contributed by atoms with Crippen molar-refractivity contribution < 1.29 is 13.2 Å². The molecule has 1 aliphatic rings. The largest absolute Gasteiger partial charge is 0.397 e. The van der Waals surface area contributed by atoms with E-state index in [9.17, 15) is 13.2 Å². The molecule has 19 heavy (non-hydrogen) atoms. The van der Waals surface area contributed by atoms with E-state index in [1.807, 2.05) is 0 Å². The van der Waals surface area contributed by atoms with Crippen molar-refractivity contribution in [1.82, 2.24) is 4.98 Å². The fourth-order valence-corrected chi connectivity index (χ4v) is 4.26. The number of anilines is 2. The SMILES string of the molecule is CC1(Nc2cc(C(N)=O)c(N)cn2)CCS(=O)(=O)C1. The van der Waals surface area contributed by atoms with Crippen molar-refractivity contribution in [3.63, 3.8) is 0 Å². The van der Waals surface area contributed by atoms with Gasteiger partial charge in [0.15, 0.2) is 9.84 Å². The third kappa shape index (κ3) is 2.95. The predicted octanol–water partition coefficient (Wildman–Crippen LogP) is -0.248. The third-order valence-corrected chi connectivity index (χ3v) is 5.04. The van der Waals surface area contributed by atoms with E-state index in [4.69, 9.17) is 11.5 Å². The molecule has 1 unspecified atom stereocenters. The Labute approximate surface area is 111 Å². The lowest BCUT2D eigenvalue weighted by Gasteiger charge is -2.24. The van der Waals surface area contributed by atoms with Gasteiger partial charge in [-0.15, -0.1) is 0 Å². The molecule has 1 atom stereocenters. The van der Waals surface area contributed by atoms with Gasteiger partial charge in [-0.25, -0.2) is 13.4 Å². The predicted molar refractivity (Wildman–Crippen MR) is 72.5 cm³/mol. The molecule has 0 saturated carbocycles. The van der Waals surface area contributed by atoms with E-state index >= 15 is 0 Å². The van der Waals surface area contributed by atoms with Gasteiger partial charge in [-0.2, -0.15) is 0 Å². The van der Waals surface area contributed by atoms with Crippen molar-refractivity contribution in [2.24, 2.45) is 5.73 Å². The molecule has 0 spiro atoms. The van der Waals surface area contributed by atoms with E-state index in [-0.39, 0.29) is 22.8 Å². The summed E-state index contributed by atoms with van der Waals surface area (Å²) >= 11 is 0. The maximum absolute atomic E-state index is 11.5. The fourth-order valence-electron chi connectivity index (χ4n) is 2.17. The second-order valence-corrected chi connectivity index (χ2v) is 7.23. The van der Waals surface area contributed by atoms with Crippen molar-refractivity contribution in [3.05, 3.63) is 17.8 Å². The number of primary amides is 1. The molecule has 2 rings (SSSR count). The number of amides is 1. The Kier molecular flexibility index (Phi) is 3.13. The van der Waals surface area contributed by atoms with Gasteiger partial charge in [0.05, 0.1) is 34.5 Å². The molecule has 7 nitrogen and oxygen atoms in total. The lowest BCUT2D eigenvalue weighted by molar-refractivity contribution is 0.100. The van der Waals surface area contributed by atoms with E-state index in [1.165, 1.54) is 12.3 Å². The Morgan fingerprint density at radius 1 is 1.53 bits per heavy atom. The Morgan fingerprint density at radius 3 is 2.74 bits per heavy atom. The minimum atomic E-state index is -3.02. The Bertz CT molecular complexity index is 629. The lowest BCUT2D eigenvalue weighted by Crippen LogP contribution is -2.36. The fraction of sp³-hybridized carbons (Fsp3) is 0.455. The first-order chi connectivity index (χ1) is 8.71. The average molecular weight is 284 g/mol. The van der Waals surface area contributed by atoms with Crippen LogP contribution in [0.25, 0.3) is 0 Å². The molecular formula is C11H16N4O3S. The lowest BCUT2D eigenvalue weighted by atomic mass is 10.0. The molecule has 0 aromatic carbocycles. The van der Waals surface area contributed by atoms with Gasteiger partial charge in [-0.1, -0.05) is 0 Å². The van der Waals surface area contributed by atoms with Crippen molar-refractivity contribution in [3.8, 4) is 0 Å². The van der Waals surface area contributed by atoms with Gasteiger partial charge in [-0.3, -0.25) is 4.79 Å². The van der Waals surface area contributed by atoms with Crippen LogP contribution in [0.4, 0.5) is 11.5 Å². The number of carbonyl (C=O) groups excluding carboxylic acids is 1. The smallest absolute Gasteiger partial charge is 0.250 e. The molecule has 1 aromatic heterocycles. The Balaban J connectivity index is 2.25. The number of nitrogen functional groups attached to an aromatic ring is 1. The number of nitrogens with zero attached hydrogens (tertiary/aromatic N) is 1. The first-order valence-electron chi connectivity index (χ1n) is 5.75. The zero-order valence-corrected chi connectivity index (χ0v) is 11.3. The molecule has 1 fully saturated rings. The number of pyridine rings is 1. The molecule has 1 aliphatic heterocycles. The molecule has 0 radical (unpaired) electrons. The summed E-state index contributed by atoms with van der Waals surface area (Å²) in [6.07, 6.45) is 1.82. The maximum atomic E-state index is 11.5. The molecule has 5 N–H and O–H groups in total. The zero-order valence-electron chi connectivity index (χ0n) is 10.5. The molecule has 104 valence electrons. The van der Waals surface area contributed by atoms with Crippen LogP contribution in [-0.2, 0) is 9.84 Å². The summed E-state index contributed by atoms with van der Waals surface area (Å²) in [5, 5.41) is 3.04.